The zero-order valence-corrected chi connectivity index (χ0v) is 11.7. The van der Waals surface area contributed by atoms with Crippen LogP contribution in [0, 0.1) is 5.82 Å². The Morgan fingerprint density at radius 3 is 2.81 bits per heavy atom. The summed E-state index contributed by atoms with van der Waals surface area (Å²) in [7, 11) is 0. The Hall–Kier alpha value is -2.43. The highest BCUT2D eigenvalue weighted by Gasteiger charge is 2.12. The molecule has 0 aliphatic carbocycles. The van der Waals surface area contributed by atoms with Crippen LogP contribution in [0.4, 0.5) is 4.39 Å². The molecule has 21 heavy (non-hydrogen) atoms. The number of pyridine rings is 1. The van der Waals surface area contributed by atoms with Crippen molar-refractivity contribution in [1.29, 1.82) is 0 Å². The first-order chi connectivity index (χ1) is 10.1. The maximum absolute atomic E-state index is 13.1. The van der Waals surface area contributed by atoms with Gasteiger partial charge in [0.15, 0.2) is 0 Å². The number of nitrogens with zero attached hydrogens (tertiary/aromatic N) is 1. The standard InChI is InChI=1S/C16H16FNO3/c1-12(13-5-4-6-14(17)11-13)21-16(20)8-10-18-9-3-2-7-15(18)19/h2-7,9,11-12H,8,10H2,1H3. The number of esters is 1. The summed E-state index contributed by atoms with van der Waals surface area (Å²) in [4.78, 5) is 23.2. The van der Waals surface area contributed by atoms with Crippen molar-refractivity contribution in [3.05, 3.63) is 70.4 Å². The predicted molar refractivity (Wildman–Crippen MR) is 76.2 cm³/mol. The van der Waals surface area contributed by atoms with Crippen molar-refractivity contribution in [1.82, 2.24) is 4.57 Å². The predicted octanol–water partition coefficient (Wildman–Crippen LogP) is 2.68. The van der Waals surface area contributed by atoms with E-state index in [0.29, 0.717) is 5.56 Å². The van der Waals surface area contributed by atoms with Crippen LogP contribution in [0.25, 0.3) is 0 Å². The van der Waals surface area contributed by atoms with E-state index in [2.05, 4.69) is 0 Å². The normalized spacial score (nSPS) is 11.9. The molecule has 1 aromatic carbocycles. The van der Waals surface area contributed by atoms with E-state index in [1.54, 1.807) is 37.4 Å². The molecule has 0 fully saturated rings. The van der Waals surface area contributed by atoms with Crippen molar-refractivity contribution in [2.75, 3.05) is 0 Å². The number of aryl methyl sites for hydroxylation is 1. The number of hydrogen-bond acceptors (Lipinski definition) is 3. The molecule has 0 saturated heterocycles. The van der Waals surface area contributed by atoms with Crippen molar-refractivity contribution in [2.24, 2.45) is 0 Å². The van der Waals surface area contributed by atoms with E-state index in [4.69, 9.17) is 4.74 Å². The summed E-state index contributed by atoms with van der Waals surface area (Å²) < 4.78 is 19.8. The number of benzene rings is 1. The van der Waals surface area contributed by atoms with Crippen LogP contribution >= 0.6 is 0 Å². The van der Waals surface area contributed by atoms with Gasteiger partial charge in [0.05, 0.1) is 6.42 Å². The molecule has 0 aliphatic heterocycles. The average Bonchev–Trinajstić information content (AvgIpc) is 2.46. The molecule has 0 radical (unpaired) electrons. The molecule has 0 aliphatic rings. The Labute approximate surface area is 121 Å². The molecule has 0 amide bonds. The molecule has 0 saturated carbocycles. The summed E-state index contributed by atoms with van der Waals surface area (Å²) in [6.07, 6.45) is 1.18. The molecule has 2 rings (SSSR count). The molecule has 0 bridgehead atoms. The second-order valence-electron chi connectivity index (χ2n) is 4.67. The van der Waals surface area contributed by atoms with Crippen molar-refractivity contribution in [3.8, 4) is 0 Å². The van der Waals surface area contributed by atoms with Gasteiger partial charge >= 0.3 is 5.97 Å². The van der Waals surface area contributed by atoms with E-state index in [1.807, 2.05) is 0 Å². The number of halogens is 1. The Morgan fingerprint density at radius 1 is 1.29 bits per heavy atom. The summed E-state index contributed by atoms with van der Waals surface area (Å²) in [6.45, 7) is 1.94. The van der Waals surface area contributed by atoms with Crippen LogP contribution in [0.15, 0.2) is 53.5 Å². The first-order valence-corrected chi connectivity index (χ1v) is 6.66. The smallest absolute Gasteiger partial charge is 0.308 e. The highest BCUT2D eigenvalue weighted by molar-refractivity contribution is 5.69. The highest BCUT2D eigenvalue weighted by atomic mass is 19.1. The van der Waals surface area contributed by atoms with Crippen LogP contribution < -0.4 is 5.56 Å². The minimum absolute atomic E-state index is 0.0869. The van der Waals surface area contributed by atoms with Crippen molar-refractivity contribution in [2.45, 2.75) is 26.0 Å². The summed E-state index contributed by atoms with van der Waals surface area (Å²) in [6, 6.07) is 10.7. The molecule has 1 unspecified atom stereocenters. The first kappa shape index (κ1) is 15.0. The third-order valence-electron chi connectivity index (χ3n) is 3.08. The summed E-state index contributed by atoms with van der Waals surface area (Å²) in [5.41, 5.74) is 0.434. The van der Waals surface area contributed by atoms with Gasteiger partial charge in [-0.3, -0.25) is 9.59 Å². The molecular weight excluding hydrogens is 273 g/mol. The number of rotatable bonds is 5. The van der Waals surface area contributed by atoms with E-state index < -0.39 is 12.1 Å². The maximum Gasteiger partial charge on any atom is 0.308 e. The molecule has 1 heterocycles. The lowest BCUT2D eigenvalue weighted by molar-refractivity contribution is -0.148. The third kappa shape index (κ3) is 4.27. The van der Waals surface area contributed by atoms with Gasteiger partial charge in [-0.05, 0) is 30.7 Å². The minimum Gasteiger partial charge on any atom is -0.458 e. The largest absolute Gasteiger partial charge is 0.458 e. The van der Waals surface area contributed by atoms with Gasteiger partial charge in [-0.2, -0.15) is 0 Å². The third-order valence-corrected chi connectivity index (χ3v) is 3.08. The lowest BCUT2D eigenvalue weighted by atomic mass is 10.1. The second-order valence-corrected chi connectivity index (χ2v) is 4.67. The molecule has 1 aromatic heterocycles. The van der Waals surface area contributed by atoms with Gasteiger partial charge < -0.3 is 9.30 Å². The molecule has 5 heteroatoms. The fraction of sp³-hybridized carbons (Fsp3) is 0.250. The van der Waals surface area contributed by atoms with Crippen LogP contribution in [0.1, 0.15) is 25.0 Å². The lowest BCUT2D eigenvalue weighted by Crippen LogP contribution is -2.20. The molecule has 2 aromatic rings. The fourth-order valence-corrected chi connectivity index (χ4v) is 1.94. The van der Waals surface area contributed by atoms with Gasteiger partial charge in [0.25, 0.3) is 5.56 Å². The van der Waals surface area contributed by atoms with Gasteiger partial charge in [0.1, 0.15) is 11.9 Å². The fourth-order valence-electron chi connectivity index (χ4n) is 1.94. The van der Waals surface area contributed by atoms with E-state index in [0.717, 1.165) is 0 Å². The van der Waals surface area contributed by atoms with Crippen molar-refractivity contribution >= 4 is 5.97 Å². The van der Waals surface area contributed by atoms with Crippen LogP contribution in [-0.4, -0.2) is 10.5 Å². The van der Waals surface area contributed by atoms with Crippen LogP contribution in [0.5, 0.6) is 0 Å². The topological polar surface area (TPSA) is 48.3 Å². The quantitative estimate of drug-likeness (QED) is 0.795. The second kappa shape index (κ2) is 6.83. The molecule has 1 atom stereocenters. The van der Waals surface area contributed by atoms with E-state index in [1.165, 1.54) is 22.8 Å². The Balaban J connectivity index is 1.90. The SMILES string of the molecule is CC(OC(=O)CCn1ccccc1=O)c1cccc(F)c1. The summed E-state index contributed by atoms with van der Waals surface area (Å²) >= 11 is 0. The van der Waals surface area contributed by atoms with Crippen LogP contribution in [0.3, 0.4) is 0 Å². The van der Waals surface area contributed by atoms with E-state index in [9.17, 15) is 14.0 Å². The van der Waals surface area contributed by atoms with Gasteiger partial charge in [-0.25, -0.2) is 4.39 Å². The highest BCUT2D eigenvalue weighted by Crippen LogP contribution is 2.18. The van der Waals surface area contributed by atoms with E-state index >= 15 is 0 Å². The van der Waals surface area contributed by atoms with Crippen molar-refractivity contribution < 1.29 is 13.9 Å². The average molecular weight is 289 g/mol. The lowest BCUT2D eigenvalue weighted by Gasteiger charge is -2.14. The number of aromatic nitrogens is 1. The zero-order chi connectivity index (χ0) is 15.2. The number of hydrogen-bond donors (Lipinski definition) is 0. The summed E-state index contributed by atoms with van der Waals surface area (Å²) in [5.74, 6) is -0.797. The molecule has 0 spiro atoms. The van der Waals surface area contributed by atoms with E-state index in [-0.39, 0.29) is 24.3 Å². The van der Waals surface area contributed by atoms with Gasteiger partial charge in [-0.1, -0.05) is 18.2 Å². The Bertz CT molecular complexity index is 681. The van der Waals surface area contributed by atoms with Gasteiger partial charge in [-0.15, -0.1) is 0 Å². The monoisotopic (exact) mass is 289 g/mol. The molecule has 4 nitrogen and oxygen atoms in total. The molecule has 110 valence electrons. The molecular formula is C16H16FNO3. The number of ether oxygens (including phenoxy) is 1. The zero-order valence-electron chi connectivity index (χ0n) is 11.7. The number of carbonyl (C=O) groups is 1. The Morgan fingerprint density at radius 2 is 2.10 bits per heavy atom. The maximum atomic E-state index is 13.1. The first-order valence-electron chi connectivity index (χ1n) is 6.66. The van der Waals surface area contributed by atoms with Crippen molar-refractivity contribution in [3.63, 3.8) is 0 Å². The number of carbonyl (C=O) groups excluding carboxylic acids is 1. The van der Waals surface area contributed by atoms with Gasteiger partial charge in [0, 0.05) is 18.8 Å². The minimum atomic E-state index is -0.527. The van der Waals surface area contributed by atoms with Crippen LogP contribution in [0.2, 0.25) is 0 Å². The Kier molecular flexibility index (Phi) is 4.87. The molecule has 0 N–H and O–H groups in total. The summed E-state index contributed by atoms with van der Waals surface area (Å²) in [5, 5.41) is 0. The van der Waals surface area contributed by atoms with Gasteiger partial charge in [0.2, 0.25) is 0 Å². The van der Waals surface area contributed by atoms with Crippen LogP contribution in [-0.2, 0) is 16.1 Å².